The van der Waals surface area contributed by atoms with Crippen molar-refractivity contribution >= 4 is 0 Å². The lowest BCUT2D eigenvalue weighted by molar-refractivity contribution is 0.399. The Morgan fingerprint density at radius 2 is 2.00 bits per heavy atom. The topological polar surface area (TPSA) is 38.0 Å². The van der Waals surface area contributed by atoms with Gasteiger partial charge in [-0.15, -0.1) is 0 Å². The molecule has 4 heteroatoms. The van der Waals surface area contributed by atoms with Gasteiger partial charge in [0.05, 0.1) is 0 Å². The Balaban J connectivity index is 2.00. The van der Waals surface area contributed by atoms with Gasteiger partial charge in [0.2, 0.25) is 0 Å². The summed E-state index contributed by atoms with van der Waals surface area (Å²) in [6.07, 6.45) is 6.86. The summed E-state index contributed by atoms with van der Waals surface area (Å²) < 4.78 is 26.8. The monoisotopic (exact) mass is 254 g/mol. The first-order chi connectivity index (χ1) is 8.72. The quantitative estimate of drug-likeness (QED) is 0.624. The summed E-state index contributed by atoms with van der Waals surface area (Å²) in [6.45, 7) is 0. The van der Waals surface area contributed by atoms with E-state index in [2.05, 4.69) is 5.43 Å². The maximum Gasteiger partial charge on any atom is 0.163 e. The zero-order valence-corrected chi connectivity index (χ0v) is 10.5. The first-order valence-electron chi connectivity index (χ1n) is 6.62. The number of halogens is 2. The van der Waals surface area contributed by atoms with E-state index in [1.54, 1.807) is 6.07 Å². The zero-order valence-electron chi connectivity index (χ0n) is 10.5. The van der Waals surface area contributed by atoms with Gasteiger partial charge in [-0.25, -0.2) is 8.78 Å². The van der Waals surface area contributed by atoms with Gasteiger partial charge in [0.15, 0.2) is 11.6 Å². The highest BCUT2D eigenvalue weighted by Crippen LogP contribution is 2.32. The summed E-state index contributed by atoms with van der Waals surface area (Å²) in [7, 11) is 0. The Labute approximate surface area is 107 Å². The standard InChI is InChI=1S/C14H20F2N2/c15-12-7-3-6-11(14(12)16)13(18-17)9-8-10-4-1-2-5-10/h3,6-7,10,13,18H,1-2,4-5,8-9,17H2. The number of hydrazine groups is 1. The predicted molar refractivity (Wildman–Crippen MR) is 67.6 cm³/mol. The third-order valence-electron chi connectivity index (χ3n) is 3.90. The minimum atomic E-state index is -0.811. The van der Waals surface area contributed by atoms with Crippen LogP contribution in [0.25, 0.3) is 0 Å². The number of nitrogens with one attached hydrogen (secondary N) is 1. The van der Waals surface area contributed by atoms with Crippen LogP contribution in [-0.4, -0.2) is 0 Å². The number of hydrogen-bond donors (Lipinski definition) is 2. The predicted octanol–water partition coefficient (Wildman–Crippen LogP) is 3.44. The third kappa shape index (κ3) is 3.06. The molecule has 0 heterocycles. The van der Waals surface area contributed by atoms with E-state index in [0.29, 0.717) is 5.56 Å². The van der Waals surface area contributed by atoms with Crippen molar-refractivity contribution in [2.24, 2.45) is 11.8 Å². The summed E-state index contributed by atoms with van der Waals surface area (Å²) in [4.78, 5) is 0. The Kier molecular flexibility index (Phi) is 4.66. The normalized spacial score (nSPS) is 18.2. The fourth-order valence-corrected chi connectivity index (χ4v) is 2.82. The van der Waals surface area contributed by atoms with Crippen molar-refractivity contribution in [3.05, 3.63) is 35.4 Å². The summed E-state index contributed by atoms with van der Waals surface area (Å²) in [5.41, 5.74) is 2.93. The molecule has 1 unspecified atom stereocenters. The first-order valence-corrected chi connectivity index (χ1v) is 6.62. The highest BCUT2D eigenvalue weighted by atomic mass is 19.2. The molecule has 1 aromatic carbocycles. The van der Waals surface area contributed by atoms with Gasteiger partial charge >= 0.3 is 0 Å². The molecule has 18 heavy (non-hydrogen) atoms. The summed E-state index contributed by atoms with van der Waals surface area (Å²) >= 11 is 0. The van der Waals surface area contributed by atoms with Crippen LogP contribution in [0.3, 0.4) is 0 Å². The largest absolute Gasteiger partial charge is 0.271 e. The average molecular weight is 254 g/mol. The molecule has 1 fully saturated rings. The van der Waals surface area contributed by atoms with E-state index < -0.39 is 11.6 Å². The molecule has 0 saturated heterocycles. The molecule has 3 N–H and O–H groups in total. The van der Waals surface area contributed by atoms with Crippen LogP contribution in [0.2, 0.25) is 0 Å². The zero-order chi connectivity index (χ0) is 13.0. The minimum Gasteiger partial charge on any atom is -0.271 e. The molecule has 1 atom stereocenters. The van der Waals surface area contributed by atoms with E-state index in [0.717, 1.165) is 24.8 Å². The summed E-state index contributed by atoms with van der Waals surface area (Å²) in [5.74, 6) is 4.59. The maximum absolute atomic E-state index is 13.7. The molecule has 0 amide bonds. The van der Waals surface area contributed by atoms with Gasteiger partial charge in [0, 0.05) is 11.6 Å². The van der Waals surface area contributed by atoms with E-state index in [-0.39, 0.29) is 6.04 Å². The smallest absolute Gasteiger partial charge is 0.163 e. The van der Waals surface area contributed by atoms with Gasteiger partial charge in [-0.2, -0.15) is 0 Å². The van der Waals surface area contributed by atoms with Crippen molar-refractivity contribution in [2.45, 2.75) is 44.6 Å². The van der Waals surface area contributed by atoms with E-state index in [1.807, 2.05) is 0 Å². The molecule has 0 spiro atoms. The molecule has 2 rings (SSSR count). The molecule has 0 radical (unpaired) electrons. The van der Waals surface area contributed by atoms with Crippen molar-refractivity contribution in [1.29, 1.82) is 0 Å². The molecule has 1 saturated carbocycles. The first kappa shape index (κ1) is 13.4. The van der Waals surface area contributed by atoms with Gasteiger partial charge in [0.25, 0.3) is 0 Å². The van der Waals surface area contributed by atoms with Gasteiger partial charge in [-0.3, -0.25) is 11.3 Å². The lowest BCUT2D eigenvalue weighted by atomic mass is 9.95. The number of nitrogens with two attached hydrogens (primary N) is 1. The van der Waals surface area contributed by atoms with Crippen LogP contribution < -0.4 is 11.3 Å². The molecular weight excluding hydrogens is 234 g/mol. The van der Waals surface area contributed by atoms with E-state index in [4.69, 9.17) is 5.84 Å². The molecule has 0 aromatic heterocycles. The van der Waals surface area contributed by atoms with Crippen molar-refractivity contribution in [2.75, 3.05) is 0 Å². The van der Waals surface area contributed by atoms with Gasteiger partial charge in [0.1, 0.15) is 0 Å². The Morgan fingerprint density at radius 1 is 1.28 bits per heavy atom. The van der Waals surface area contributed by atoms with E-state index in [1.165, 1.54) is 31.7 Å². The van der Waals surface area contributed by atoms with Gasteiger partial charge in [-0.05, 0) is 24.8 Å². The second kappa shape index (κ2) is 6.25. The molecule has 0 bridgehead atoms. The second-order valence-electron chi connectivity index (χ2n) is 5.09. The molecule has 1 aliphatic rings. The van der Waals surface area contributed by atoms with Crippen molar-refractivity contribution in [1.82, 2.24) is 5.43 Å². The highest BCUT2D eigenvalue weighted by molar-refractivity contribution is 5.22. The average Bonchev–Trinajstić information content (AvgIpc) is 2.88. The lowest BCUT2D eigenvalue weighted by Crippen LogP contribution is -2.29. The minimum absolute atomic E-state index is 0.304. The Hall–Kier alpha value is -1.00. The van der Waals surface area contributed by atoms with Crippen LogP contribution in [0.15, 0.2) is 18.2 Å². The Morgan fingerprint density at radius 3 is 2.67 bits per heavy atom. The Bertz CT molecular complexity index is 389. The van der Waals surface area contributed by atoms with Crippen LogP contribution in [0.4, 0.5) is 8.78 Å². The fourth-order valence-electron chi connectivity index (χ4n) is 2.82. The molecule has 1 aromatic rings. The third-order valence-corrected chi connectivity index (χ3v) is 3.90. The van der Waals surface area contributed by atoms with E-state index >= 15 is 0 Å². The van der Waals surface area contributed by atoms with Gasteiger partial charge < -0.3 is 0 Å². The van der Waals surface area contributed by atoms with Crippen LogP contribution >= 0.6 is 0 Å². The molecule has 0 aliphatic heterocycles. The maximum atomic E-state index is 13.7. The molecule has 1 aliphatic carbocycles. The fraction of sp³-hybridized carbons (Fsp3) is 0.571. The van der Waals surface area contributed by atoms with Crippen LogP contribution in [0, 0.1) is 17.6 Å². The lowest BCUT2D eigenvalue weighted by Gasteiger charge is -2.19. The van der Waals surface area contributed by atoms with Crippen LogP contribution in [-0.2, 0) is 0 Å². The molecule has 2 nitrogen and oxygen atoms in total. The number of rotatable bonds is 5. The highest BCUT2D eigenvalue weighted by Gasteiger charge is 2.20. The van der Waals surface area contributed by atoms with Crippen LogP contribution in [0.1, 0.15) is 50.1 Å². The SMILES string of the molecule is NNC(CCC1CCCC1)c1cccc(F)c1F. The van der Waals surface area contributed by atoms with Crippen LogP contribution in [0.5, 0.6) is 0 Å². The van der Waals surface area contributed by atoms with Crippen molar-refractivity contribution in [3.8, 4) is 0 Å². The molecular formula is C14H20F2N2. The summed E-state index contributed by atoms with van der Waals surface area (Å²) in [6, 6.07) is 3.94. The summed E-state index contributed by atoms with van der Waals surface area (Å²) in [5, 5.41) is 0. The second-order valence-corrected chi connectivity index (χ2v) is 5.09. The van der Waals surface area contributed by atoms with Crippen molar-refractivity contribution < 1.29 is 8.78 Å². The van der Waals surface area contributed by atoms with Gasteiger partial charge in [-0.1, -0.05) is 37.8 Å². The van der Waals surface area contributed by atoms with E-state index in [9.17, 15) is 8.78 Å². The van der Waals surface area contributed by atoms with Crippen molar-refractivity contribution in [3.63, 3.8) is 0 Å². The number of benzene rings is 1. The molecule has 100 valence electrons. The number of hydrogen-bond acceptors (Lipinski definition) is 2.